The Kier molecular flexibility index (Phi) is 5.23. The summed E-state index contributed by atoms with van der Waals surface area (Å²) in [5.74, 6) is 1.98. The van der Waals surface area contributed by atoms with Crippen LogP contribution in [-0.2, 0) is 27.1 Å². The van der Waals surface area contributed by atoms with Gasteiger partial charge in [-0.05, 0) is 62.3 Å². The molecule has 3 fully saturated rings. The number of carbonyl (C=O) groups excluding carboxylic acids is 1. The molecule has 3 aliphatic heterocycles. The first-order chi connectivity index (χ1) is 15.6. The second kappa shape index (κ2) is 8.12. The Morgan fingerprint density at radius 3 is 2.53 bits per heavy atom. The molecule has 1 aromatic heterocycles. The minimum absolute atomic E-state index is 0.158. The quantitative estimate of drug-likeness (QED) is 0.689. The Morgan fingerprint density at radius 1 is 1.03 bits per heavy atom. The van der Waals surface area contributed by atoms with Crippen molar-refractivity contribution in [2.75, 3.05) is 26.3 Å². The van der Waals surface area contributed by atoms with Crippen molar-refractivity contribution in [2.45, 2.75) is 63.1 Å². The molecule has 0 atom stereocenters. The van der Waals surface area contributed by atoms with E-state index in [1.165, 1.54) is 0 Å². The fraction of sp³-hybridized carbons (Fsp3) is 0.625. The molecule has 0 unspecified atom stereocenters. The highest BCUT2D eigenvalue weighted by atomic mass is 35.5. The number of carbonyl (C=O) groups is 1. The van der Waals surface area contributed by atoms with Crippen LogP contribution in [-0.4, -0.2) is 57.7 Å². The molecular formula is C24H29ClN4O3. The summed E-state index contributed by atoms with van der Waals surface area (Å²) in [5, 5.41) is 9.96. The molecule has 1 aliphatic carbocycles. The molecule has 2 aromatic rings. The SMILES string of the molecule is O=C(C1CCC(c2nnc3n2-c2ccc(Cl)cc2CC2(C3)OCCO2)CC1)N1CCCC1. The number of halogens is 1. The first kappa shape index (κ1) is 20.6. The van der Waals surface area contributed by atoms with Crippen molar-refractivity contribution in [2.24, 2.45) is 5.92 Å². The normalized spacial score (nSPS) is 26.7. The molecule has 1 aromatic carbocycles. The van der Waals surface area contributed by atoms with Crippen LogP contribution in [0.3, 0.4) is 0 Å². The molecule has 1 saturated carbocycles. The number of aromatic nitrogens is 3. The van der Waals surface area contributed by atoms with Gasteiger partial charge in [0.1, 0.15) is 11.6 Å². The summed E-state index contributed by atoms with van der Waals surface area (Å²) >= 11 is 6.36. The maximum Gasteiger partial charge on any atom is 0.225 e. The maximum atomic E-state index is 12.9. The fourth-order valence-corrected chi connectivity index (χ4v) is 6.17. The number of nitrogens with zero attached hydrogens (tertiary/aromatic N) is 4. The van der Waals surface area contributed by atoms with E-state index < -0.39 is 5.79 Å². The van der Waals surface area contributed by atoms with Crippen LogP contribution in [0.5, 0.6) is 0 Å². The van der Waals surface area contributed by atoms with E-state index in [4.69, 9.17) is 21.1 Å². The van der Waals surface area contributed by atoms with E-state index >= 15 is 0 Å². The summed E-state index contributed by atoms with van der Waals surface area (Å²) in [5.41, 5.74) is 2.16. The van der Waals surface area contributed by atoms with Crippen molar-refractivity contribution < 1.29 is 14.3 Å². The van der Waals surface area contributed by atoms with E-state index in [2.05, 4.69) is 25.7 Å². The molecule has 4 heterocycles. The van der Waals surface area contributed by atoms with E-state index in [0.717, 1.165) is 74.5 Å². The molecule has 0 radical (unpaired) electrons. The second-order valence-electron chi connectivity index (χ2n) is 9.62. The van der Waals surface area contributed by atoms with Crippen LogP contribution in [0.1, 0.15) is 61.7 Å². The van der Waals surface area contributed by atoms with E-state index in [9.17, 15) is 4.79 Å². The molecule has 1 spiro atoms. The lowest BCUT2D eigenvalue weighted by atomic mass is 9.81. The van der Waals surface area contributed by atoms with Crippen molar-refractivity contribution in [1.29, 1.82) is 0 Å². The van der Waals surface area contributed by atoms with E-state index in [1.54, 1.807) is 0 Å². The summed E-state index contributed by atoms with van der Waals surface area (Å²) in [4.78, 5) is 14.9. The predicted molar refractivity (Wildman–Crippen MR) is 119 cm³/mol. The Hall–Kier alpha value is -1.96. The Bertz CT molecular complexity index is 1020. The van der Waals surface area contributed by atoms with Gasteiger partial charge < -0.3 is 14.4 Å². The molecular weight excluding hydrogens is 428 g/mol. The smallest absolute Gasteiger partial charge is 0.225 e. The zero-order valence-electron chi connectivity index (χ0n) is 18.3. The summed E-state index contributed by atoms with van der Waals surface area (Å²) in [6.45, 7) is 3.04. The van der Waals surface area contributed by atoms with Crippen molar-refractivity contribution in [3.8, 4) is 5.69 Å². The van der Waals surface area contributed by atoms with Crippen LogP contribution in [0.15, 0.2) is 18.2 Å². The van der Waals surface area contributed by atoms with Crippen LogP contribution in [0.2, 0.25) is 5.02 Å². The molecule has 2 saturated heterocycles. The number of hydrogen-bond acceptors (Lipinski definition) is 5. The van der Waals surface area contributed by atoms with E-state index in [0.29, 0.717) is 42.9 Å². The highest BCUT2D eigenvalue weighted by Crippen LogP contribution is 2.41. The number of ether oxygens (including phenoxy) is 2. The lowest BCUT2D eigenvalue weighted by Gasteiger charge is -2.30. The highest BCUT2D eigenvalue weighted by Gasteiger charge is 2.43. The lowest BCUT2D eigenvalue weighted by Crippen LogP contribution is -2.35. The molecule has 32 heavy (non-hydrogen) atoms. The van der Waals surface area contributed by atoms with Crippen molar-refractivity contribution in [3.63, 3.8) is 0 Å². The molecule has 7 nitrogen and oxygen atoms in total. The molecule has 8 heteroatoms. The number of likely N-dealkylation sites (tertiary alicyclic amines) is 1. The molecule has 1 amide bonds. The average Bonchev–Trinajstić information content (AvgIpc) is 3.55. The molecule has 0 bridgehead atoms. The van der Waals surface area contributed by atoms with Gasteiger partial charge in [-0.15, -0.1) is 10.2 Å². The van der Waals surface area contributed by atoms with Crippen LogP contribution >= 0.6 is 11.6 Å². The van der Waals surface area contributed by atoms with Crippen LogP contribution in [0.25, 0.3) is 5.69 Å². The number of benzene rings is 1. The van der Waals surface area contributed by atoms with E-state index in [1.807, 2.05) is 12.1 Å². The maximum absolute atomic E-state index is 12.9. The van der Waals surface area contributed by atoms with Crippen molar-refractivity contribution in [1.82, 2.24) is 19.7 Å². The lowest BCUT2D eigenvalue weighted by molar-refractivity contribution is -0.155. The van der Waals surface area contributed by atoms with Crippen molar-refractivity contribution >= 4 is 17.5 Å². The Balaban J connectivity index is 1.29. The molecule has 4 aliphatic rings. The average molecular weight is 457 g/mol. The number of fused-ring (bicyclic) bond motifs is 3. The van der Waals surface area contributed by atoms with Gasteiger partial charge in [0.05, 0.1) is 25.3 Å². The fourth-order valence-electron chi connectivity index (χ4n) is 5.97. The van der Waals surface area contributed by atoms with Gasteiger partial charge in [0.25, 0.3) is 0 Å². The third-order valence-corrected chi connectivity index (χ3v) is 7.83. The number of hydrogen-bond donors (Lipinski definition) is 0. The summed E-state index contributed by atoms with van der Waals surface area (Å²) in [7, 11) is 0. The van der Waals surface area contributed by atoms with Crippen LogP contribution < -0.4 is 0 Å². The largest absolute Gasteiger partial charge is 0.347 e. The zero-order chi connectivity index (χ0) is 21.7. The summed E-state index contributed by atoms with van der Waals surface area (Å²) in [6, 6.07) is 5.99. The topological polar surface area (TPSA) is 69.5 Å². The minimum Gasteiger partial charge on any atom is -0.347 e. The third-order valence-electron chi connectivity index (χ3n) is 7.60. The Labute approximate surface area is 193 Å². The van der Waals surface area contributed by atoms with Crippen LogP contribution in [0, 0.1) is 5.92 Å². The third kappa shape index (κ3) is 3.55. The van der Waals surface area contributed by atoms with Gasteiger partial charge in [0, 0.05) is 36.4 Å². The Morgan fingerprint density at radius 2 is 1.78 bits per heavy atom. The van der Waals surface area contributed by atoms with Gasteiger partial charge in [0.15, 0.2) is 5.79 Å². The van der Waals surface area contributed by atoms with Crippen LogP contribution in [0.4, 0.5) is 0 Å². The van der Waals surface area contributed by atoms with Crippen molar-refractivity contribution in [3.05, 3.63) is 40.4 Å². The van der Waals surface area contributed by atoms with Gasteiger partial charge in [-0.3, -0.25) is 9.36 Å². The van der Waals surface area contributed by atoms with Gasteiger partial charge in [0.2, 0.25) is 5.91 Å². The van der Waals surface area contributed by atoms with Gasteiger partial charge in [-0.1, -0.05) is 11.6 Å². The summed E-state index contributed by atoms with van der Waals surface area (Å²) < 4.78 is 14.3. The molecule has 6 rings (SSSR count). The first-order valence-corrected chi connectivity index (χ1v) is 12.3. The zero-order valence-corrected chi connectivity index (χ0v) is 19.0. The predicted octanol–water partition coefficient (Wildman–Crippen LogP) is 3.66. The molecule has 170 valence electrons. The summed E-state index contributed by atoms with van der Waals surface area (Å²) in [6.07, 6.45) is 7.26. The number of amides is 1. The minimum atomic E-state index is -0.697. The monoisotopic (exact) mass is 456 g/mol. The first-order valence-electron chi connectivity index (χ1n) is 11.9. The highest BCUT2D eigenvalue weighted by molar-refractivity contribution is 6.30. The standard InChI is InChI=1S/C24H29ClN4O3/c25-19-7-8-20-18(13-19)14-24(31-11-12-32-24)15-21-26-27-22(29(20)21)16-3-5-17(6-4-16)23(30)28-9-1-2-10-28/h7-8,13,16-17H,1-6,9-12,14-15H2. The number of rotatable bonds is 2. The van der Waals surface area contributed by atoms with Gasteiger partial charge in [-0.2, -0.15) is 0 Å². The van der Waals surface area contributed by atoms with Gasteiger partial charge in [-0.25, -0.2) is 0 Å². The van der Waals surface area contributed by atoms with Gasteiger partial charge >= 0.3 is 0 Å². The molecule has 0 N–H and O–H groups in total. The van der Waals surface area contributed by atoms with E-state index in [-0.39, 0.29) is 5.92 Å². The second-order valence-corrected chi connectivity index (χ2v) is 10.1.